The number of para-hydroxylation sites is 1. The molecule has 0 bridgehead atoms. The van der Waals surface area contributed by atoms with Crippen LogP contribution in [-0.2, 0) is 0 Å². The molecule has 4 rings (SSSR count). The molecule has 0 aromatic heterocycles. The number of hydrogen-bond acceptors (Lipinski definition) is 4. The molecule has 3 N–H and O–H groups in total. The van der Waals surface area contributed by atoms with Crippen LogP contribution in [0.2, 0.25) is 0 Å². The van der Waals surface area contributed by atoms with Gasteiger partial charge in [0, 0.05) is 12.6 Å². The Balaban J connectivity index is 0.00000169. The van der Waals surface area contributed by atoms with Crippen LogP contribution in [0.3, 0.4) is 0 Å². The number of rotatable bonds is 2. The second-order valence-corrected chi connectivity index (χ2v) is 5.98. The largest absolute Gasteiger partial charge is 0.497 e. The summed E-state index contributed by atoms with van der Waals surface area (Å²) in [6.45, 7) is 0.822. The van der Waals surface area contributed by atoms with E-state index in [-0.39, 0.29) is 30.5 Å². The molecule has 126 valence electrons. The van der Waals surface area contributed by atoms with Gasteiger partial charge < -0.3 is 20.7 Å². The van der Waals surface area contributed by atoms with E-state index in [2.05, 4.69) is 10.2 Å². The molecule has 6 heteroatoms. The van der Waals surface area contributed by atoms with Gasteiger partial charge in [-0.2, -0.15) is 0 Å². The number of amides is 1. The van der Waals surface area contributed by atoms with Crippen molar-refractivity contribution in [1.82, 2.24) is 5.32 Å². The predicted octanol–water partition coefficient (Wildman–Crippen LogP) is 2.77. The molecule has 0 fully saturated rings. The topological polar surface area (TPSA) is 67.6 Å². The van der Waals surface area contributed by atoms with Crippen LogP contribution in [0, 0.1) is 0 Å². The molecule has 5 nitrogen and oxygen atoms in total. The summed E-state index contributed by atoms with van der Waals surface area (Å²) < 4.78 is 5.21. The summed E-state index contributed by atoms with van der Waals surface area (Å²) in [7, 11) is 1.64. The third-order valence-corrected chi connectivity index (χ3v) is 4.69. The van der Waals surface area contributed by atoms with E-state index >= 15 is 0 Å². The number of anilines is 1. The second-order valence-electron chi connectivity index (χ2n) is 5.98. The van der Waals surface area contributed by atoms with Crippen molar-refractivity contribution >= 4 is 24.0 Å². The van der Waals surface area contributed by atoms with Gasteiger partial charge in [0.1, 0.15) is 11.9 Å². The molecule has 0 radical (unpaired) electrons. The maximum atomic E-state index is 12.5. The molecule has 2 aromatic carbocycles. The van der Waals surface area contributed by atoms with E-state index in [9.17, 15) is 4.79 Å². The second kappa shape index (κ2) is 6.34. The van der Waals surface area contributed by atoms with Crippen LogP contribution in [0.1, 0.15) is 40.1 Å². The predicted molar refractivity (Wildman–Crippen MR) is 95.8 cm³/mol. The van der Waals surface area contributed by atoms with Gasteiger partial charge in [0.05, 0.1) is 18.4 Å². The summed E-state index contributed by atoms with van der Waals surface area (Å²) in [5, 5.41) is 3.11. The zero-order valence-corrected chi connectivity index (χ0v) is 14.2. The number of methoxy groups -OCH3 is 1. The third-order valence-electron chi connectivity index (χ3n) is 4.69. The quantitative estimate of drug-likeness (QED) is 0.878. The number of nitrogens with two attached hydrogens (primary N) is 1. The molecular weight excluding hydrogens is 326 g/mol. The molecule has 1 amide bonds. The van der Waals surface area contributed by atoms with Crippen molar-refractivity contribution in [2.45, 2.75) is 18.6 Å². The lowest BCUT2D eigenvalue weighted by molar-refractivity contribution is 0.0925. The number of nitrogens with zero attached hydrogens (tertiary/aromatic N) is 1. The number of carbonyl (C=O) groups excluding carboxylic acids is 1. The summed E-state index contributed by atoms with van der Waals surface area (Å²) in [6.07, 6.45) is 0.702. The van der Waals surface area contributed by atoms with Crippen LogP contribution < -0.4 is 20.7 Å². The number of nitrogens with one attached hydrogen (secondary N) is 1. The normalized spacial score (nSPS) is 21.4. The van der Waals surface area contributed by atoms with E-state index in [0.29, 0.717) is 5.56 Å². The maximum Gasteiger partial charge on any atom is 0.255 e. The summed E-state index contributed by atoms with van der Waals surface area (Å²) in [5.41, 5.74) is 10.0. The van der Waals surface area contributed by atoms with Crippen LogP contribution in [0.15, 0.2) is 42.5 Å². The molecule has 2 heterocycles. The fourth-order valence-corrected chi connectivity index (χ4v) is 3.50. The van der Waals surface area contributed by atoms with Crippen LogP contribution in [0.4, 0.5) is 5.69 Å². The standard InChI is InChI=1S/C18H19N3O2.ClH/c1-23-12-7-5-11(6-8-12)17-20-18(22)14-4-2-3-13-15(19)9-10-21(17)16(13)14;/h2-8,15,17H,9-10,19H2,1H3,(H,20,22);1H/t15-,17-;/m1./s1. The fourth-order valence-electron chi connectivity index (χ4n) is 3.50. The summed E-state index contributed by atoms with van der Waals surface area (Å²) in [4.78, 5) is 14.8. The molecule has 2 aliphatic rings. The van der Waals surface area contributed by atoms with Crippen molar-refractivity contribution < 1.29 is 9.53 Å². The van der Waals surface area contributed by atoms with Gasteiger partial charge in [0.25, 0.3) is 5.91 Å². The Morgan fingerprint density at radius 1 is 1.21 bits per heavy atom. The van der Waals surface area contributed by atoms with E-state index in [0.717, 1.165) is 35.5 Å². The highest BCUT2D eigenvalue weighted by atomic mass is 35.5. The lowest BCUT2D eigenvalue weighted by Gasteiger charge is -2.44. The van der Waals surface area contributed by atoms with Crippen LogP contribution >= 0.6 is 12.4 Å². The number of halogens is 1. The van der Waals surface area contributed by atoms with Crippen molar-refractivity contribution in [2.24, 2.45) is 5.73 Å². The molecule has 24 heavy (non-hydrogen) atoms. The van der Waals surface area contributed by atoms with Crippen molar-refractivity contribution in [2.75, 3.05) is 18.6 Å². The average molecular weight is 346 g/mol. The molecule has 0 unspecified atom stereocenters. The van der Waals surface area contributed by atoms with Crippen molar-refractivity contribution in [3.63, 3.8) is 0 Å². The monoisotopic (exact) mass is 345 g/mol. The van der Waals surface area contributed by atoms with Gasteiger partial charge in [-0.05, 0) is 35.7 Å². The third kappa shape index (κ3) is 2.50. The Morgan fingerprint density at radius 3 is 2.67 bits per heavy atom. The zero-order valence-electron chi connectivity index (χ0n) is 13.4. The molecule has 0 aliphatic carbocycles. The van der Waals surface area contributed by atoms with Crippen LogP contribution in [0.25, 0.3) is 0 Å². The van der Waals surface area contributed by atoms with E-state index in [1.165, 1.54) is 0 Å². The Bertz CT molecular complexity index is 763. The van der Waals surface area contributed by atoms with Crippen molar-refractivity contribution in [3.05, 3.63) is 59.2 Å². The lowest BCUT2D eigenvalue weighted by Crippen LogP contribution is -2.49. The van der Waals surface area contributed by atoms with E-state index < -0.39 is 0 Å². The summed E-state index contributed by atoms with van der Waals surface area (Å²) in [6, 6.07) is 13.6. The van der Waals surface area contributed by atoms with E-state index in [4.69, 9.17) is 10.5 Å². The Morgan fingerprint density at radius 2 is 1.96 bits per heavy atom. The van der Waals surface area contributed by atoms with Gasteiger partial charge in [-0.25, -0.2) is 0 Å². The van der Waals surface area contributed by atoms with Gasteiger partial charge in [-0.3, -0.25) is 4.79 Å². The first kappa shape index (κ1) is 16.6. The number of carbonyl (C=O) groups is 1. The fraction of sp³-hybridized carbons (Fsp3) is 0.278. The highest BCUT2D eigenvalue weighted by Gasteiger charge is 2.36. The summed E-state index contributed by atoms with van der Waals surface area (Å²) in [5.74, 6) is 0.755. The Kier molecular flexibility index (Phi) is 4.39. The molecule has 0 spiro atoms. The van der Waals surface area contributed by atoms with Crippen LogP contribution in [-0.4, -0.2) is 19.6 Å². The summed E-state index contributed by atoms with van der Waals surface area (Å²) >= 11 is 0. The number of ether oxygens (including phenoxy) is 1. The minimum atomic E-state index is -0.172. The zero-order chi connectivity index (χ0) is 16.0. The van der Waals surface area contributed by atoms with Gasteiger partial charge in [-0.15, -0.1) is 12.4 Å². The van der Waals surface area contributed by atoms with E-state index in [1.54, 1.807) is 7.11 Å². The number of benzene rings is 2. The molecule has 2 aromatic rings. The highest BCUT2D eigenvalue weighted by molar-refractivity contribution is 6.03. The number of hydrogen-bond donors (Lipinski definition) is 2. The molecule has 2 aliphatic heterocycles. The van der Waals surface area contributed by atoms with Gasteiger partial charge >= 0.3 is 0 Å². The Hall–Kier alpha value is -2.24. The minimum absolute atomic E-state index is 0. The highest BCUT2D eigenvalue weighted by Crippen LogP contribution is 2.42. The molecule has 0 saturated carbocycles. The van der Waals surface area contributed by atoms with Crippen molar-refractivity contribution in [3.8, 4) is 5.75 Å². The first-order valence-corrected chi connectivity index (χ1v) is 7.79. The first-order valence-electron chi connectivity index (χ1n) is 7.79. The minimum Gasteiger partial charge on any atom is -0.497 e. The van der Waals surface area contributed by atoms with Crippen LogP contribution in [0.5, 0.6) is 5.75 Å². The smallest absolute Gasteiger partial charge is 0.255 e. The average Bonchev–Trinajstić information content (AvgIpc) is 2.60. The Labute approximate surface area is 147 Å². The molecule has 2 atom stereocenters. The van der Waals surface area contributed by atoms with Crippen molar-refractivity contribution in [1.29, 1.82) is 0 Å². The molecule has 0 saturated heterocycles. The van der Waals surface area contributed by atoms with Gasteiger partial charge in [0.2, 0.25) is 0 Å². The molecular formula is C18H20ClN3O2. The van der Waals surface area contributed by atoms with Gasteiger partial charge in [0.15, 0.2) is 0 Å². The van der Waals surface area contributed by atoms with Gasteiger partial charge in [-0.1, -0.05) is 24.3 Å². The SMILES string of the molecule is COc1ccc([C@@H]2NC(=O)c3cccc4c3N2CC[C@H]4N)cc1.Cl. The van der Waals surface area contributed by atoms with E-state index in [1.807, 2.05) is 42.5 Å². The first-order chi connectivity index (χ1) is 11.2. The lowest BCUT2D eigenvalue weighted by atomic mass is 9.90. The maximum absolute atomic E-state index is 12.5.